The molecule has 2 rings (SSSR count). The van der Waals surface area contributed by atoms with Gasteiger partial charge in [0.15, 0.2) is 0 Å². The molecule has 2 aromatic rings. The van der Waals surface area contributed by atoms with Crippen LogP contribution < -0.4 is 9.47 Å². The van der Waals surface area contributed by atoms with Gasteiger partial charge in [0.2, 0.25) is 0 Å². The van der Waals surface area contributed by atoms with Gasteiger partial charge in [-0.3, -0.25) is 9.98 Å². The molecule has 0 aliphatic rings. The monoisotopic (exact) mass is 370 g/mol. The number of methoxy groups -OCH3 is 2. The summed E-state index contributed by atoms with van der Waals surface area (Å²) >= 11 is 0. The zero-order chi connectivity index (χ0) is 19.8. The Balaban J connectivity index is 1.96. The molecule has 0 saturated heterocycles. The second-order valence-corrected chi connectivity index (χ2v) is 6.05. The Labute approximate surface area is 159 Å². The molecule has 0 aliphatic heterocycles. The number of aromatic hydroxyl groups is 2. The number of hydrogen-bond acceptors (Lipinski definition) is 6. The summed E-state index contributed by atoms with van der Waals surface area (Å²) in [6.45, 7) is 4.89. The van der Waals surface area contributed by atoms with Gasteiger partial charge in [0.1, 0.15) is 23.0 Å². The summed E-state index contributed by atoms with van der Waals surface area (Å²) in [5, 5.41) is 20.0. The fourth-order valence-corrected chi connectivity index (χ4v) is 2.60. The third-order valence-corrected chi connectivity index (χ3v) is 4.20. The standard InChI is InChI=1S/C21H26N2O4/c1-14(18-12-16(26-3)6-8-20(18)24)22-10-5-11-23-15(2)19-13-17(27-4)7-9-21(19)25/h6-9,12-13,24-25H,5,10-11H2,1-4H3. The average molecular weight is 370 g/mol. The van der Waals surface area contributed by atoms with E-state index < -0.39 is 0 Å². The summed E-state index contributed by atoms with van der Waals surface area (Å²) in [6, 6.07) is 10.1. The van der Waals surface area contributed by atoms with Crippen molar-refractivity contribution in [2.75, 3.05) is 27.3 Å². The number of hydrogen-bond donors (Lipinski definition) is 2. The molecule has 27 heavy (non-hydrogen) atoms. The summed E-state index contributed by atoms with van der Waals surface area (Å²) in [5.74, 6) is 1.71. The van der Waals surface area contributed by atoms with Gasteiger partial charge in [0, 0.05) is 35.6 Å². The van der Waals surface area contributed by atoms with Crippen LogP contribution in [-0.2, 0) is 0 Å². The van der Waals surface area contributed by atoms with Crippen molar-refractivity contribution in [2.45, 2.75) is 20.3 Å². The van der Waals surface area contributed by atoms with Gasteiger partial charge < -0.3 is 19.7 Å². The van der Waals surface area contributed by atoms with E-state index in [0.29, 0.717) is 35.7 Å². The van der Waals surface area contributed by atoms with Gasteiger partial charge in [-0.1, -0.05) is 0 Å². The first-order chi connectivity index (χ1) is 13.0. The predicted molar refractivity (Wildman–Crippen MR) is 108 cm³/mol. The molecule has 0 aromatic heterocycles. The van der Waals surface area contributed by atoms with E-state index in [1.165, 1.54) is 0 Å². The van der Waals surface area contributed by atoms with Gasteiger partial charge in [-0.15, -0.1) is 0 Å². The summed E-state index contributed by atoms with van der Waals surface area (Å²) in [5.41, 5.74) is 2.82. The number of ether oxygens (including phenoxy) is 2. The quantitative estimate of drug-likeness (QED) is 0.546. The van der Waals surface area contributed by atoms with E-state index in [1.54, 1.807) is 50.6 Å². The predicted octanol–water partition coefficient (Wildman–Crippen LogP) is 3.82. The lowest BCUT2D eigenvalue weighted by atomic mass is 10.1. The highest BCUT2D eigenvalue weighted by Crippen LogP contribution is 2.24. The van der Waals surface area contributed by atoms with Crippen LogP contribution in [0, 0.1) is 0 Å². The number of nitrogens with zero attached hydrogens (tertiary/aromatic N) is 2. The van der Waals surface area contributed by atoms with Crippen molar-refractivity contribution in [1.82, 2.24) is 0 Å². The molecule has 0 unspecified atom stereocenters. The summed E-state index contributed by atoms with van der Waals surface area (Å²) in [6.07, 6.45) is 0.754. The van der Waals surface area contributed by atoms with Crippen molar-refractivity contribution in [2.24, 2.45) is 9.98 Å². The first-order valence-corrected chi connectivity index (χ1v) is 8.73. The Morgan fingerprint density at radius 3 is 1.56 bits per heavy atom. The van der Waals surface area contributed by atoms with Gasteiger partial charge >= 0.3 is 0 Å². The normalized spacial score (nSPS) is 12.1. The SMILES string of the molecule is COc1ccc(O)c(C(C)=NCCCN=C(C)c2cc(OC)ccc2O)c1. The minimum Gasteiger partial charge on any atom is -0.507 e. The average Bonchev–Trinajstić information content (AvgIpc) is 2.68. The molecule has 2 aromatic carbocycles. The van der Waals surface area contributed by atoms with Gasteiger partial charge in [-0.2, -0.15) is 0 Å². The largest absolute Gasteiger partial charge is 0.507 e. The molecule has 2 N–H and O–H groups in total. The maximum Gasteiger partial charge on any atom is 0.124 e. The smallest absolute Gasteiger partial charge is 0.124 e. The van der Waals surface area contributed by atoms with Gasteiger partial charge in [0.05, 0.1) is 14.2 Å². The number of rotatable bonds is 8. The van der Waals surface area contributed by atoms with Crippen molar-refractivity contribution in [3.05, 3.63) is 47.5 Å². The Morgan fingerprint density at radius 1 is 0.778 bits per heavy atom. The molecule has 6 nitrogen and oxygen atoms in total. The van der Waals surface area contributed by atoms with E-state index in [9.17, 15) is 10.2 Å². The Kier molecular flexibility index (Phi) is 7.23. The van der Waals surface area contributed by atoms with E-state index in [-0.39, 0.29) is 11.5 Å². The van der Waals surface area contributed by atoms with Crippen molar-refractivity contribution in [3.8, 4) is 23.0 Å². The highest BCUT2D eigenvalue weighted by Gasteiger charge is 2.07. The van der Waals surface area contributed by atoms with Crippen LogP contribution in [0.5, 0.6) is 23.0 Å². The van der Waals surface area contributed by atoms with Crippen LogP contribution in [0.2, 0.25) is 0 Å². The number of phenolic OH excluding ortho intramolecular Hbond substituents is 2. The van der Waals surface area contributed by atoms with Crippen LogP contribution in [0.25, 0.3) is 0 Å². The molecule has 0 amide bonds. The number of aliphatic imine (C=N–C) groups is 2. The maximum absolute atomic E-state index is 9.98. The zero-order valence-corrected chi connectivity index (χ0v) is 16.2. The molecule has 0 bridgehead atoms. The number of benzene rings is 2. The zero-order valence-electron chi connectivity index (χ0n) is 16.2. The third-order valence-electron chi connectivity index (χ3n) is 4.20. The lowest BCUT2D eigenvalue weighted by Gasteiger charge is -2.08. The van der Waals surface area contributed by atoms with Crippen LogP contribution in [0.4, 0.5) is 0 Å². The fraction of sp³-hybridized carbons (Fsp3) is 0.333. The molecular weight excluding hydrogens is 344 g/mol. The van der Waals surface area contributed by atoms with Crippen molar-refractivity contribution < 1.29 is 19.7 Å². The van der Waals surface area contributed by atoms with Gasteiger partial charge in [-0.25, -0.2) is 0 Å². The molecule has 0 saturated carbocycles. The van der Waals surface area contributed by atoms with Gasteiger partial charge in [-0.05, 0) is 56.7 Å². The molecule has 0 radical (unpaired) electrons. The van der Waals surface area contributed by atoms with Crippen LogP contribution in [0.1, 0.15) is 31.4 Å². The first-order valence-electron chi connectivity index (χ1n) is 8.73. The summed E-state index contributed by atoms with van der Waals surface area (Å²) in [4.78, 5) is 9.02. The van der Waals surface area contributed by atoms with Crippen molar-refractivity contribution in [1.29, 1.82) is 0 Å². The van der Waals surface area contributed by atoms with Gasteiger partial charge in [0.25, 0.3) is 0 Å². The Morgan fingerprint density at radius 2 is 1.19 bits per heavy atom. The van der Waals surface area contributed by atoms with E-state index in [0.717, 1.165) is 17.8 Å². The summed E-state index contributed by atoms with van der Waals surface area (Å²) in [7, 11) is 3.17. The Bertz CT molecular complexity index is 775. The lowest BCUT2D eigenvalue weighted by molar-refractivity contribution is 0.412. The van der Waals surface area contributed by atoms with E-state index >= 15 is 0 Å². The molecule has 0 atom stereocenters. The minimum atomic E-state index is 0.180. The van der Waals surface area contributed by atoms with Crippen LogP contribution in [-0.4, -0.2) is 48.9 Å². The van der Waals surface area contributed by atoms with Crippen molar-refractivity contribution in [3.63, 3.8) is 0 Å². The van der Waals surface area contributed by atoms with E-state index in [2.05, 4.69) is 9.98 Å². The molecule has 6 heteroatoms. The highest BCUT2D eigenvalue weighted by molar-refractivity contribution is 6.02. The second kappa shape index (κ2) is 9.62. The van der Waals surface area contributed by atoms with E-state index in [1.807, 2.05) is 13.8 Å². The topological polar surface area (TPSA) is 83.6 Å². The van der Waals surface area contributed by atoms with E-state index in [4.69, 9.17) is 9.47 Å². The van der Waals surface area contributed by atoms with Crippen LogP contribution in [0.15, 0.2) is 46.4 Å². The van der Waals surface area contributed by atoms with Crippen LogP contribution in [0.3, 0.4) is 0 Å². The summed E-state index contributed by atoms with van der Waals surface area (Å²) < 4.78 is 10.4. The lowest BCUT2D eigenvalue weighted by Crippen LogP contribution is -2.01. The third kappa shape index (κ3) is 5.48. The maximum atomic E-state index is 9.98. The van der Waals surface area contributed by atoms with Crippen molar-refractivity contribution >= 4 is 11.4 Å². The molecular formula is C21H26N2O4. The second-order valence-electron chi connectivity index (χ2n) is 6.05. The molecule has 144 valence electrons. The molecule has 0 aliphatic carbocycles. The Hall–Kier alpha value is -3.02. The number of phenols is 2. The molecule has 0 fully saturated rings. The molecule has 0 spiro atoms. The minimum absolute atomic E-state index is 0.180. The molecule has 0 heterocycles. The first kappa shape index (κ1) is 20.3. The highest BCUT2D eigenvalue weighted by atomic mass is 16.5. The fourth-order valence-electron chi connectivity index (χ4n) is 2.60. The van der Waals surface area contributed by atoms with Crippen LogP contribution >= 0.6 is 0 Å².